The van der Waals surface area contributed by atoms with Crippen molar-refractivity contribution in [1.29, 1.82) is 0 Å². The number of nitrogens with zero attached hydrogens (tertiary/aromatic N) is 3. The van der Waals surface area contributed by atoms with Crippen LogP contribution >= 0.6 is 11.6 Å². The number of ether oxygens (including phenoxy) is 2. The fourth-order valence-corrected chi connectivity index (χ4v) is 6.24. The number of halogens is 1. The van der Waals surface area contributed by atoms with Gasteiger partial charge in [0.1, 0.15) is 5.60 Å². The van der Waals surface area contributed by atoms with E-state index in [-0.39, 0.29) is 37.6 Å². The van der Waals surface area contributed by atoms with Gasteiger partial charge in [0, 0.05) is 51.2 Å². The van der Waals surface area contributed by atoms with Crippen molar-refractivity contribution < 1.29 is 34.1 Å². The second kappa shape index (κ2) is 16.5. The van der Waals surface area contributed by atoms with Gasteiger partial charge in [0.15, 0.2) is 0 Å². The molecule has 248 valence electrons. The average Bonchev–Trinajstić information content (AvgIpc) is 2.98. The van der Waals surface area contributed by atoms with Crippen molar-refractivity contribution in [2.75, 3.05) is 46.9 Å². The van der Waals surface area contributed by atoms with Gasteiger partial charge in [-0.25, -0.2) is 14.4 Å². The predicted molar refractivity (Wildman–Crippen MR) is 169 cm³/mol. The zero-order chi connectivity index (χ0) is 32.4. The first kappa shape index (κ1) is 35.7. The van der Waals surface area contributed by atoms with E-state index in [0.717, 1.165) is 50.5 Å². The Balaban J connectivity index is 1.74. The smallest absolute Gasteiger partial charge is 0.410 e. The minimum absolute atomic E-state index is 0.0414. The molecule has 1 aromatic rings. The Labute approximate surface area is 266 Å². The molecule has 1 heterocycles. The summed E-state index contributed by atoms with van der Waals surface area (Å²) < 4.78 is 11.8. The van der Waals surface area contributed by atoms with Crippen LogP contribution in [-0.2, 0) is 9.47 Å². The third-order valence-corrected chi connectivity index (χ3v) is 8.67. The highest BCUT2D eigenvalue weighted by atomic mass is 35.5. The molecule has 3 N–H and O–H groups in total. The molecule has 2 aliphatic rings. The number of benzene rings is 1. The van der Waals surface area contributed by atoms with Crippen LogP contribution in [0, 0.1) is 11.8 Å². The van der Waals surface area contributed by atoms with Crippen LogP contribution in [0.25, 0.3) is 0 Å². The number of carbonyl (C=O) groups is 3. The predicted octanol–water partition coefficient (Wildman–Crippen LogP) is 5.61. The molecule has 1 aliphatic heterocycles. The Morgan fingerprint density at radius 2 is 1.75 bits per heavy atom. The normalized spacial score (nSPS) is 19.9. The monoisotopic (exact) mass is 638 g/mol. The van der Waals surface area contributed by atoms with Gasteiger partial charge in [-0.2, -0.15) is 0 Å². The van der Waals surface area contributed by atoms with Gasteiger partial charge in [-0.15, -0.1) is 0 Å². The maximum atomic E-state index is 13.7. The number of rotatable bonds is 11. The zero-order valence-corrected chi connectivity index (χ0v) is 27.6. The summed E-state index contributed by atoms with van der Waals surface area (Å²) in [6.45, 7) is 6.85. The molecule has 44 heavy (non-hydrogen) atoms. The van der Waals surface area contributed by atoms with Gasteiger partial charge in [0.25, 0.3) is 0 Å². The van der Waals surface area contributed by atoms with E-state index in [4.69, 9.17) is 21.1 Å². The minimum atomic E-state index is -1.03. The van der Waals surface area contributed by atoms with E-state index >= 15 is 0 Å². The van der Waals surface area contributed by atoms with Crippen LogP contribution in [0.2, 0.25) is 5.02 Å². The van der Waals surface area contributed by atoms with Crippen molar-refractivity contribution in [3.63, 3.8) is 0 Å². The maximum absolute atomic E-state index is 13.7. The average molecular weight is 639 g/mol. The van der Waals surface area contributed by atoms with Crippen LogP contribution in [-0.4, -0.2) is 108 Å². The third-order valence-electron chi connectivity index (χ3n) is 8.43. The van der Waals surface area contributed by atoms with Gasteiger partial charge in [0.2, 0.25) is 0 Å². The lowest BCUT2D eigenvalue weighted by Crippen LogP contribution is -2.57. The lowest BCUT2D eigenvalue weighted by molar-refractivity contribution is -0.0165. The molecule has 0 spiro atoms. The highest BCUT2D eigenvalue weighted by molar-refractivity contribution is 6.30. The van der Waals surface area contributed by atoms with Gasteiger partial charge in [-0.1, -0.05) is 43.0 Å². The Hall–Kier alpha value is -2.76. The van der Waals surface area contributed by atoms with E-state index < -0.39 is 36.0 Å². The van der Waals surface area contributed by atoms with Crippen molar-refractivity contribution in [2.45, 2.75) is 89.6 Å². The Morgan fingerprint density at radius 1 is 1.07 bits per heavy atom. The zero-order valence-electron chi connectivity index (χ0n) is 26.8. The minimum Gasteiger partial charge on any atom is -0.465 e. The van der Waals surface area contributed by atoms with Crippen molar-refractivity contribution >= 4 is 29.8 Å². The number of amides is 4. The second-order valence-corrected chi connectivity index (χ2v) is 13.6. The Kier molecular flexibility index (Phi) is 13.4. The van der Waals surface area contributed by atoms with Crippen LogP contribution < -0.4 is 5.32 Å². The number of aliphatic hydroxyl groups is 1. The molecule has 3 rings (SSSR count). The summed E-state index contributed by atoms with van der Waals surface area (Å²) in [5, 5.41) is 24.3. The molecule has 1 aromatic carbocycles. The third kappa shape index (κ3) is 11.0. The summed E-state index contributed by atoms with van der Waals surface area (Å²) in [6, 6.07) is 6.43. The first-order valence-corrected chi connectivity index (χ1v) is 16.1. The number of likely N-dealkylation sites (tertiary alicyclic amines) is 1. The number of aliphatic hydroxyl groups excluding tert-OH is 1. The van der Waals surface area contributed by atoms with Crippen molar-refractivity contribution in [3.8, 4) is 0 Å². The van der Waals surface area contributed by atoms with Gasteiger partial charge in [-0.05, 0) is 70.1 Å². The van der Waals surface area contributed by atoms with E-state index in [1.54, 1.807) is 38.8 Å². The van der Waals surface area contributed by atoms with Crippen molar-refractivity contribution in [1.82, 2.24) is 20.0 Å². The van der Waals surface area contributed by atoms with Crippen LogP contribution in [0.1, 0.15) is 77.4 Å². The quantitative estimate of drug-likeness (QED) is 0.287. The van der Waals surface area contributed by atoms with Crippen molar-refractivity contribution in [2.24, 2.45) is 11.8 Å². The maximum Gasteiger partial charge on any atom is 0.410 e. The molecule has 2 fully saturated rings. The van der Waals surface area contributed by atoms with Gasteiger partial charge in [0.05, 0.1) is 24.9 Å². The van der Waals surface area contributed by atoms with E-state index in [2.05, 4.69) is 5.32 Å². The molecule has 0 aromatic heterocycles. The number of hydrogen-bond acceptors (Lipinski definition) is 6. The Bertz CT molecular complexity index is 1090. The molecule has 12 heteroatoms. The van der Waals surface area contributed by atoms with E-state index in [0.29, 0.717) is 18.1 Å². The summed E-state index contributed by atoms with van der Waals surface area (Å²) in [7, 11) is 3.11. The number of carbonyl (C=O) groups excluding carboxylic acids is 2. The summed E-state index contributed by atoms with van der Waals surface area (Å²) in [5.41, 5.74) is 0.201. The molecule has 11 nitrogen and oxygen atoms in total. The largest absolute Gasteiger partial charge is 0.465 e. The number of urea groups is 1. The molecule has 0 radical (unpaired) electrons. The molecule has 1 saturated carbocycles. The molecule has 0 bridgehead atoms. The van der Waals surface area contributed by atoms with Crippen LogP contribution in [0.3, 0.4) is 0 Å². The topological polar surface area (TPSA) is 132 Å². The number of carboxylic acid groups (broad SMARTS) is 1. The lowest BCUT2D eigenvalue weighted by Gasteiger charge is -2.39. The fourth-order valence-electron chi connectivity index (χ4n) is 6.04. The van der Waals surface area contributed by atoms with Crippen molar-refractivity contribution in [3.05, 3.63) is 34.9 Å². The molecule has 4 atom stereocenters. The van der Waals surface area contributed by atoms with E-state index in [9.17, 15) is 24.6 Å². The Morgan fingerprint density at radius 3 is 2.39 bits per heavy atom. The summed E-state index contributed by atoms with van der Waals surface area (Å²) in [4.78, 5) is 42.1. The number of likely N-dealkylation sites (N-methyl/N-ethyl adjacent to an activating group) is 2. The van der Waals surface area contributed by atoms with Crippen LogP contribution in [0.15, 0.2) is 24.3 Å². The van der Waals surface area contributed by atoms with E-state index in [1.807, 2.05) is 18.2 Å². The highest BCUT2D eigenvalue weighted by Crippen LogP contribution is 2.34. The molecular formula is C32H51ClN4O7. The highest BCUT2D eigenvalue weighted by Gasteiger charge is 2.36. The number of nitrogens with one attached hydrogen (secondary N) is 1. The SMILES string of the molecule is CN(CCO[C@@H](c1cccc(Cl)c1)[C@@H]1CCCN(C(=O)NC(CN(C)C(=O)OC(C)(C)C)C(O)C2CCCCC2)C1)C(=O)O. The van der Waals surface area contributed by atoms with Gasteiger partial charge < -0.3 is 39.7 Å². The van der Waals surface area contributed by atoms with Crippen LogP contribution in [0.5, 0.6) is 0 Å². The van der Waals surface area contributed by atoms with E-state index in [1.165, 1.54) is 16.8 Å². The lowest BCUT2D eigenvalue weighted by atomic mass is 9.82. The summed E-state index contributed by atoms with van der Waals surface area (Å²) >= 11 is 6.31. The first-order valence-electron chi connectivity index (χ1n) is 15.7. The first-order chi connectivity index (χ1) is 20.7. The second-order valence-electron chi connectivity index (χ2n) is 13.2. The molecule has 1 aliphatic carbocycles. The molecule has 2 unspecified atom stereocenters. The molecule has 4 amide bonds. The summed E-state index contributed by atoms with van der Waals surface area (Å²) in [5.74, 6) is -0.0195. The molecular weight excluding hydrogens is 588 g/mol. The number of piperidine rings is 1. The number of hydrogen-bond donors (Lipinski definition) is 3. The fraction of sp³-hybridized carbons (Fsp3) is 0.719. The summed E-state index contributed by atoms with van der Waals surface area (Å²) in [6.07, 6.45) is 3.78. The van der Waals surface area contributed by atoms with Crippen LogP contribution in [0.4, 0.5) is 14.4 Å². The molecule has 1 saturated heterocycles. The standard InChI is InChI=1S/C32H51ClN4O7/c1-32(2,3)44-31(42)36(5)21-26(27(38)22-11-7-6-8-12-22)34-29(39)37-16-10-14-24(20-37)28(23-13-9-15-25(33)19-23)43-18-17-35(4)30(40)41/h9,13,15,19,22,24,26-28,38H,6-8,10-12,14,16-18,20-21H2,1-5H3,(H,34,39)(H,40,41)/t24-,26?,27?,28+/m1/s1. The van der Waals surface area contributed by atoms with Gasteiger partial charge in [-0.3, -0.25) is 0 Å². The van der Waals surface area contributed by atoms with Gasteiger partial charge >= 0.3 is 18.2 Å².